The minimum Gasteiger partial charge on any atom is -0.361 e. The molecule has 9 nitrogen and oxygen atoms in total. The highest BCUT2D eigenvalue weighted by atomic mass is 16.6. The van der Waals surface area contributed by atoms with E-state index in [1.54, 1.807) is 0 Å². The van der Waals surface area contributed by atoms with Crippen LogP contribution in [-0.4, -0.2) is 88.6 Å². The molecule has 0 bridgehead atoms. The summed E-state index contributed by atoms with van der Waals surface area (Å²) in [5, 5.41) is 4.19. The first-order chi connectivity index (χ1) is 16.5. The zero-order valence-corrected chi connectivity index (χ0v) is 19.2. The number of carbonyl (C=O) groups is 3. The van der Waals surface area contributed by atoms with Crippen molar-refractivity contribution in [2.45, 2.75) is 56.1 Å². The third kappa shape index (κ3) is 2.83. The highest BCUT2D eigenvalue weighted by molar-refractivity contribution is 5.93. The van der Waals surface area contributed by atoms with E-state index in [1.165, 1.54) is 21.4 Å². The summed E-state index contributed by atoms with van der Waals surface area (Å²) in [7, 11) is 2.09. The van der Waals surface area contributed by atoms with Gasteiger partial charge in [-0.05, 0) is 49.9 Å². The molecule has 2 aromatic rings. The number of amides is 3. The summed E-state index contributed by atoms with van der Waals surface area (Å²) in [4.78, 5) is 47.9. The fourth-order valence-electron chi connectivity index (χ4n) is 7.12. The van der Waals surface area contributed by atoms with Gasteiger partial charge in [0.05, 0.1) is 12.0 Å². The summed E-state index contributed by atoms with van der Waals surface area (Å²) in [5.41, 5.74) is 3.80. The zero-order valence-electron chi connectivity index (χ0n) is 19.2. The molecule has 6 atom stereocenters. The number of hydrogen-bond donors (Lipinski definition) is 2. The quantitative estimate of drug-likeness (QED) is 0.685. The topological polar surface area (TPSA) is 98.0 Å². The van der Waals surface area contributed by atoms with Gasteiger partial charge in [-0.2, -0.15) is 0 Å². The normalized spacial score (nSPS) is 34.9. The molecule has 7 rings (SSSR count). The number of hydrogen-bond acceptors (Lipinski definition) is 5. The second-order valence-corrected chi connectivity index (χ2v) is 10.5. The van der Waals surface area contributed by atoms with Gasteiger partial charge in [-0.15, -0.1) is 0 Å². The van der Waals surface area contributed by atoms with Crippen molar-refractivity contribution in [1.82, 2.24) is 25.0 Å². The third-order valence-electron chi connectivity index (χ3n) is 8.71. The Bertz CT molecular complexity index is 1210. The Labute approximate surface area is 197 Å². The number of piperidine rings is 1. The molecule has 1 aromatic carbocycles. The smallest absolute Gasteiger partial charge is 0.275 e. The lowest BCUT2D eigenvalue weighted by atomic mass is 9.72. The first-order valence-electron chi connectivity index (χ1n) is 12.3. The van der Waals surface area contributed by atoms with Gasteiger partial charge in [0.2, 0.25) is 18.0 Å². The predicted octanol–water partition coefficient (Wildman–Crippen LogP) is 0.760. The van der Waals surface area contributed by atoms with Gasteiger partial charge < -0.3 is 29.7 Å². The maximum absolute atomic E-state index is 13.4. The summed E-state index contributed by atoms with van der Waals surface area (Å²) in [5.74, 6) is -0.457. The highest BCUT2D eigenvalue weighted by Gasteiger charge is 2.53. The number of nitrogens with one attached hydrogen (secondary N) is 2. The van der Waals surface area contributed by atoms with Crippen molar-refractivity contribution in [1.29, 1.82) is 0 Å². The molecule has 4 saturated heterocycles. The minimum absolute atomic E-state index is 0.0294. The first kappa shape index (κ1) is 20.5. The average Bonchev–Trinajstić information content (AvgIpc) is 3.55. The number of piperazine rings is 1. The Morgan fingerprint density at radius 3 is 2.97 bits per heavy atom. The largest absolute Gasteiger partial charge is 0.361 e. The lowest BCUT2D eigenvalue weighted by molar-refractivity contribution is -0.153. The molecule has 3 amide bonds. The van der Waals surface area contributed by atoms with Crippen LogP contribution in [0.5, 0.6) is 0 Å². The number of carbonyl (C=O) groups excluding carboxylic acids is 3. The standard InChI is InChI=1S/C25H29N5O4/c1-28-11-14(8-16-15-4-2-5-17-21(15)13(10-26-17)9-19(16)28)22(32)27-23-24(33)30-12-20(31)29-7-3-6-18(29)25(30)34-23/h2,4-5,10,14,16,18-19,23,25-26H,3,6-9,11-12H2,1H3,(H,27,32)/t14-,16?,18+,19-,23-,25?/m1/s1. The number of fused-ring (bicyclic) bond motifs is 5. The van der Waals surface area contributed by atoms with Gasteiger partial charge in [0.25, 0.3) is 5.91 Å². The molecule has 0 saturated carbocycles. The van der Waals surface area contributed by atoms with Crippen LogP contribution in [0, 0.1) is 5.92 Å². The van der Waals surface area contributed by atoms with E-state index in [9.17, 15) is 14.4 Å². The van der Waals surface area contributed by atoms with Crippen LogP contribution >= 0.6 is 0 Å². The number of H-pyrrole nitrogens is 1. The maximum Gasteiger partial charge on any atom is 0.275 e. The Balaban J connectivity index is 1.10. The summed E-state index contributed by atoms with van der Waals surface area (Å²) < 4.78 is 6.05. The predicted molar refractivity (Wildman–Crippen MR) is 123 cm³/mol. The van der Waals surface area contributed by atoms with E-state index in [0.29, 0.717) is 12.6 Å². The molecular formula is C25H29N5O4. The summed E-state index contributed by atoms with van der Waals surface area (Å²) in [6.45, 7) is 1.39. The molecule has 5 aliphatic rings. The number of nitrogens with zero attached hydrogens (tertiary/aromatic N) is 3. The van der Waals surface area contributed by atoms with E-state index in [1.807, 2.05) is 4.90 Å². The van der Waals surface area contributed by atoms with Gasteiger partial charge in [0.15, 0.2) is 6.23 Å². The molecule has 2 N–H and O–H groups in total. The minimum atomic E-state index is -1.01. The van der Waals surface area contributed by atoms with Crippen molar-refractivity contribution in [2.24, 2.45) is 5.92 Å². The van der Waals surface area contributed by atoms with E-state index in [-0.39, 0.29) is 42.1 Å². The van der Waals surface area contributed by atoms with Crippen molar-refractivity contribution in [3.63, 3.8) is 0 Å². The van der Waals surface area contributed by atoms with Crippen LogP contribution in [0.1, 0.15) is 36.3 Å². The lowest BCUT2D eigenvalue weighted by Gasteiger charge is -2.45. The molecule has 34 heavy (non-hydrogen) atoms. The van der Waals surface area contributed by atoms with Crippen molar-refractivity contribution in [3.05, 3.63) is 35.5 Å². The Hall–Kier alpha value is -2.91. The molecule has 0 spiro atoms. The van der Waals surface area contributed by atoms with E-state index < -0.39 is 12.5 Å². The maximum atomic E-state index is 13.4. The second-order valence-electron chi connectivity index (χ2n) is 10.5. The molecule has 2 unspecified atom stereocenters. The van der Waals surface area contributed by atoms with E-state index in [4.69, 9.17) is 4.74 Å². The van der Waals surface area contributed by atoms with Gasteiger partial charge in [-0.3, -0.25) is 14.4 Å². The van der Waals surface area contributed by atoms with Crippen LogP contribution in [0.3, 0.4) is 0 Å². The summed E-state index contributed by atoms with van der Waals surface area (Å²) >= 11 is 0. The monoisotopic (exact) mass is 463 g/mol. The lowest BCUT2D eigenvalue weighted by Crippen LogP contribution is -2.58. The first-order valence-corrected chi connectivity index (χ1v) is 12.3. The molecular weight excluding hydrogens is 434 g/mol. The molecule has 4 aliphatic heterocycles. The van der Waals surface area contributed by atoms with Gasteiger partial charge in [0, 0.05) is 42.1 Å². The Kier molecular flexibility index (Phi) is 4.39. The summed E-state index contributed by atoms with van der Waals surface area (Å²) in [6, 6.07) is 6.63. The van der Waals surface area contributed by atoms with E-state index in [0.717, 1.165) is 37.7 Å². The molecule has 178 valence electrons. The van der Waals surface area contributed by atoms with Crippen molar-refractivity contribution in [2.75, 3.05) is 26.7 Å². The molecule has 1 aliphatic carbocycles. The van der Waals surface area contributed by atoms with Gasteiger partial charge in [0.1, 0.15) is 6.54 Å². The second kappa shape index (κ2) is 7.29. The highest BCUT2D eigenvalue weighted by Crippen LogP contribution is 2.44. The van der Waals surface area contributed by atoms with Crippen LogP contribution in [0.15, 0.2) is 24.4 Å². The van der Waals surface area contributed by atoms with Crippen LogP contribution < -0.4 is 5.32 Å². The molecule has 1 aromatic heterocycles. The molecule has 9 heteroatoms. The van der Waals surface area contributed by atoms with E-state index in [2.05, 4.69) is 46.6 Å². The number of aromatic nitrogens is 1. The van der Waals surface area contributed by atoms with Crippen LogP contribution in [-0.2, 0) is 25.5 Å². The number of aromatic amines is 1. The van der Waals surface area contributed by atoms with Gasteiger partial charge in [-0.25, -0.2) is 0 Å². The molecule has 0 radical (unpaired) electrons. The number of likely N-dealkylation sites (N-methyl/N-ethyl adjacent to an activating group) is 1. The number of ether oxygens (including phenoxy) is 1. The summed E-state index contributed by atoms with van der Waals surface area (Å²) in [6.07, 6.45) is 4.10. The van der Waals surface area contributed by atoms with Gasteiger partial charge in [-0.1, -0.05) is 12.1 Å². The molecule has 4 fully saturated rings. The van der Waals surface area contributed by atoms with Crippen LogP contribution in [0.4, 0.5) is 0 Å². The van der Waals surface area contributed by atoms with Crippen molar-refractivity contribution in [3.8, 4) is 0 Å². The third-order valence-corrected chi connectivity index (χ3v) is 8.71. The zero-order chi connectivity index (χ0) is 23.1. The Morgan fingerprint density at radius 1 is 1.21 bits per heavy atom. The fourth-order valence-corrected chi connectivity index (χ4v) is 7.12. The van der Waals surface area contributed by atoms with E-state index >= 15 is 0 Å². The number of benzene rings is 1. The SMILES string of the molecule is CN1C[C@H](C(=O)N[C@@H]2OC3[C@@H]4CCCN4C(=O)CN3C2=O)CC2c3cccc4[nH]cc(c34)C[C@H]21. The Morgan fingerprint density at radius 2 is 2.09 bits per heavy atom. The van der Waals surface area contributed by atoms with Crippen molar-refractivity contribution >= 4 is 28.6 Å². The number of rotatable bonds is 2. The van der Waals surface area contributed by atoms with Gasteiger partial charge >= 0.3 is 0 Å². The average molecular weight is 464 g/mol. The fraction of sp³-hybridized carbons (Fsp3) is 0.560. The van der Waals surface area contributed by atoms with Crippen LogP contribution in [0.2, 0.25) is 0 Å². The van der Waals surface area contributed by atoms with Crippen LogP contribution in [0.25, 0.3) is 10.9 Å². The van der Waals surface area contributed by atoms with Crippen molar-refractivity contribution < 1.29 is 19.1 Å². The number of likely N-dealkylation sites (tertiary alicyclic amines) is 1. The molecule has 5 heterocycles.